The molecule has 0 spiro atoms. The van der Waals surface area contributed by atoms with E-state index in [0.717, 1.165) is 18.4 Å². The molecular formula is C13H20N2O2. The van der Waals surface area contributed by atoms with Gasteiger partial charge in [0.2, 0.25) is 0 Å². The summed E-state index contributed by atoms with van der Waals surface area (Å²) in [5.74, 6) is 0. The summed E-state index contributed by atoms with van der Waals surface area (Å²) in [6.07, 6.45) is 1.53. The van der Waals surface area contributed by atoms with E-state index >= 15 is 0 Å². The van der Waals surface area contributed by atoms with E-state index in [2.05, 4.69) is 12.3 Å². The van der Waals surface area contributed by atoms with Crippen LogP contribution in [0.25, 0.3) is 0 Å². The number of amides is 1. The van der Waals surface area contributed by atoms with Gasteiger partial charge in [-0.05, 0) is 12.0 Å². The Kier molecular flexibility index (Phi) is 6.10. The van der Waals surface area contributed by atoms with E-state index in [4.69, 9.17) is 4.74 Å². The molecule has 1 rings (SSSR count). The summed E-state index contributed by atoms with van der Waals surface area (Å²) < 4.78 is 5.00. The van der Waals surface area contributed by atoms with Crippen LogP contribution in [-0.4, -0.2) is 24.8 Å². The molecule has 0 aliphatic carbocycles. The molecular weight excluding hydrogens is 216 g/mol. The third-order valence-electron chi connectivity index (χ3n) is 2.28. The van der Waals surface area contributed by atoms with Crippen LogP contribution in [0.1, 0.15) is 25.3 Å². The molecule has 0 heterocycles. The van der Waals surface area contributed by atoms with Crippen molar-refractivity contribution in [3.63, 3.8) is 0 Å². The number of ether oxygens (including phenoxy) is 1. The number of rotatable bonds is 6. The summed E-state index contributed by atoms with van der Waals surface area (Å²) in [5, 5.41) is 1.71. The first kappa shape index (κ1) is 13.5. The smallest absolute Gasteiger partial charge is 0.421 e. The van der Waals surface area contributed by atoms with Crippen molar-refractivity contribution >= 4 is 6.09 Å². The van der Waals surface area contributed by atoms with E-state index in [-0.39, 0.29) is 0 Å². The first-order valence-corrected chi connectivity index (χ1v) is 5.91. The number of nitrogens with one attached hydrogen (secondary N) is 1. The van der Waals surface area contributed by atoms with E-state index in [9.17, 15) is 4.79 Å². The molecule has 1 N–H and O–H groups in total. The molecule has 0 atom stereocenters. The fourth-order valence-electron chi connectivity index (χ4n) is 1.39. The van der Waals surface area contributed by atoms with Crippen molar-refractivity contribution in [3.05, 3.63) is 35.9 Å². The number of carbonyl (C=O) groups is 1. The molecule has 4 heteroatoms. The van der Waals surface area contributed by atoms with Crippen LogP contribution in [0.2, 0.25) is 0 Å². The number of hydrogen-bond acceptors (Lipinski definition) is 3. The van der Waals surface area contributed by atoms with Gasteiger partial charge in [0.15, 0.2) is 0 Å². The lowest BCUT2D eigenvalue weighted by Crippen LogP contribution is -2.39. The predicted octanol–water partition coefficient (Wildman–Crippen LogP) is 2.56. The van der Waals surface area contributed by atoms with Gasteiger partial charge in [0, 0.05) is 13.6 Å². The maximum absolute atomic E-state index is 11.3. The largest absolute Gasteiger partial charge is 0.449 e. The SMILES string of the molecule is CCCCOC(=O)NN(C)Cc1ccccc1. The Bertz CT molecular complexity index is 327. The maximum Gasteiger partial charge on any atom is 0.421 e. The monoisotopic (exact) mass is 236 g/mol. The molecule has 0 bridgehead atoms. The van der Waals surface area contributed by atoms with E-state index in [1.165, 1.54) is 0 Å². The van der Waals surface area contributed by atoms with Gasteiger partial charge in [-0.2, -0.15) is 0 Å². The lowest BCUT2D eigenvalue weighted by atomic mass is 10.2. The number of hydrogen-bond donors (Lipinski definition) is 1. The lowest BCUT2D eigenvalue weighted by Gasteiger charge is -2.17. The molecule has 0 aliphatic heterocycles. The lowest BCUT2D eigenvalue weighted by molar-refractivity contribution is 0.111. The van der Waals surface area contributed by atoms with Crippen LogP contribution in [0.4, 0.5) is 4.79 Å². The topological polar surface area (TPSA) is 41.6 Å². The summed E-state index contributed by atoms with van der Waals surface area (Å²) in [7, 11) is 1.81. The van der Waals surface area contributed by atoms with Crippen LogP contribution in [0, 0.1) is 0 Å². The Labute approximate surface area is 103 Å². The van der Waals surface area contributed by atoms with E-state index < -0.39 is 6.09 Å². The number of unbranched alkanes of at least 4 members (excludes halogenated alkanes) is 1. The fourth-order valence-corrected chi connectivity index (χ4v) is 1.39. The average molecular weight is 236 g/mol. The highest BCUT2D eigenvalue weighted by molar-refractivity contribution is 5.66. The standard InChI is InChI=1S/C13H20N2O2/c1-3-4-10-17-13(16)14-15(2)11-12-8-6-5-7-9-12/h5-9H,3-4,10-11H2,1-2H3,(H,14,16). The summed E-state index contributed by atoms with van der Waals surface area (Å²) in [6, 6.07) is 9.95. The Balaban J connectivity index is 2.25. The summed E-state index contributed by atoms with van der Waals surface area (Å²) in [5.41, 5.74) is 3.80. The molecule has 0 aromatic heterocycles. The Morgan fingerprint density at radius 3 is 2.71 bits per heavy atom. The highest BCUT2D eigenvalue weighted by Gasteiger charge is 2.05. The molecule has 94 valence electrons. The summed E-state index contributed by atoms with van der Waals surface area (Å²) >= 11 is 0. The van der Waals surface area contributed by atoms with Gasteiger partial charge >= 0.3 is 6.09 Å². The van der Waals surface area contributed by atoms with Gasteiger partial charge in [0.25, 0.3) is 0 Å². The van der Waals surface area contributed by atoms with Gasteiger partial charge in [-0.15, -0.1) is 0 Å². The molecule has 0 radical (unpaired) electrons. The third-order valence-corrected chi connectivity index (χ3v) is 2.28. The van der Waals surface area contributed by atoms with Crippen LogP contribution in [0.5, 0.6) is 0 Å². The highest BCUT2D eigenvalue weighted by Crippen LogP contribution is 2.00. The first-order chi connectivity index (χ1) is 8.22. The van der Waals surface area contributed by atoms with Crippen LogP contribution >= 0.6 is 0 Å². The van der Waals surface area contributed by atoms with Gasteiger partial charge in [0.05, 0.1) is 6.61 Å². The molecule has 0 saturated carbocycles. The van der Waals surface area contributed by atoms with Crippen molar-refractivity contribution in [1.29, 1.82) is 0 Å². The van der Waals surface area contributed by atoms with Crippen LogP contribution in [0.15, 0.2) is 30.3 Å². The second-order valence-electron chi connectivity index (χ2n) is 3.94. The van der Waals surface area contributed by atoms with Crippen LogP contribution in [-0.2, 0) is 11.3 Å². The third kappa shape index (κ3) is 5.92. The molecule has 17 heavy (non-hydrogen) atoms. The number of carbonyl (C=O) groups excluding carboxylic acids is 1. The van der Waals surface area contributed by atoms with Gasteiger partial charge in [-0.3, -0.25) is 5.43 Å². The normalized spacial score (nSPS) is 10.3. The minimum atomic E-state index is -0.392. The molecule has 0 saturated heterocycles. The van der Waals surface area contributed by atoms with Crippen molar-refractivity contribution < 1.29 is 9.53 Å². The zero-order valence-corrected chi connectivity index (χ0v) is 10.5. The first-order valence-electron chi connectivity index (χ1n) is 5.91. The zero-order valence-electron chi connectivity index (χ0n) is 10.5. The molecule has 1 aromatic rings. The highest BCUT2D eigenvalue weighted by atomic mass is 16.6. The summed E-state index contributed by atoms with van der Waals surface area (Å²) in [4.78, 5) is 11.3. The minimum Gasteiger partial charge on any atom is -0.449 e. The summed E-state index contributed by atoms with van der Waals surface area (Å²) in [6.45, 7) is 3.19. The van der Waals surface area contributed by atoms with Gasteiger partial charge in [-0.25, -0.2) is 9.80 Å². The molecule has 1 amide bonds. The maximum atomic E-state index is 11.3. The number of nitrogens with zero attached hydrogens (tertiary/aromatic N) is 1. The Morgan fingerprint density at radius 1 is 1.35 bits per heavy atom. The molecule has 0 unspecified atom stereocenters. The van der Waals surface area contributed by atoms with E-state index in [1.54, 1.807) is 5.01 Å². The van der Waals surface area contributed by atoms with E-state index in [0.29, 0.717) is 13.2 Å². The molecule has 0 aliphatic rings. The fraction of sp³-hybridized carbons (Fsp3) is 0.462. The van der Waals surface area contributed by atoms with Crippen molar-refractivity contribution in [2.24, 2.45) is 0 Å². The van der Waals surface area contributed by atoms with Gasteiger partial charge in [-0.1, -0.05) is 43.7 Å². The van der Waals surface area contributed by atoms with Crippen molar-refractivity contribution in [2.75, 3.05) is 13.7 Å². The number of hydrazine groups is 1. The second kappa shape index (κ2) is 7.68. The second-order valence-corrected chi connectivity index (χ2v) is 3.94. The Morgan fingerprint density at radius 2 is 2.06 bits per heavy atom. The molecule has 0 fully saturated rings. The average Bonchev–Trinajstić information content (AvgIpc) is 2.30. The van der Waals surface area contributed by atoms with Crippen LogP contribution in [0.3, 0.4) is 0 Å². The quantitative estimate of drug-likeness (QED) is 0.609. The van der Waals surface area contributed by atoms with Gasteiger partial charge < -0.3 is 4.74 Å². The van der Waals surface area contributed by atoms with Crippen LogP contribution < -0.4 is 5.43 Å². The molecule has 1 aromatic carbocycles. The number of benzene rings is 1. The van der Waals surface area contributed by atoms with Gasteiger partial charge in [0.1, 0.15) is 0 Å². The zero-order chi connectivity index (χ0) is 12.5. The minimum absolute atomic E-state index is 0.392. The van der Waals surface area contributed by atoms with E-state index in [1.807, 2.05) is 37.4 Å². The van der Waals surface area contributed by atoms with Crippen molar-refractivity contribution in [3.8, 4) is 0 Å². The predicted molar refractivity (Wildman–Crippen MR) is 67.3 cm³/mol. The van der Waals surface area contributed by atoms with Crippen molar-refractivity contribution in [2.45, 2.75) is 26.3 Å². The molecule has 4 nitrogen and oxygen atoms in total. The Hall–Kier alpha value is -1.55. The van der Waals surface area contributed by atoms with Crippen molar-refractivity contribution in [1.82, 2.24) is 10.4 Å².